The van der Waals surface area contributed by atoms with Gasteiger partial charge >= 0.3 is 0 Å². The molecule has 0 saturated carbocycles. The highest BCUT2D eigenvalue weighted by Crippen LogP contribution is 2.39. The summed E-state index contributed by atoms with van der Waals surface area (Å²) < 4.78 is 35.0. The van der Waals surface area contributed by atoms with E-state index in [1.165, 1.54) is 0 Å². The molecule has 11 heteroatoms. The molecule has 0 radical (unpaired) electrons. The molecular weight excluding hydrogens is 552 g/mol. The average molecular weight is 585 g/mol. The molecule has 1 fully saturated rings. The number of piperazine rings is 1. The summed E-state index contributed by atoms with van der Waals surface area (Å²) in [6.45, 7) is 5.45. The lowest BCUT2D eigenvalue weighted by Gasteiger charge is -2.37. The molecule has 1 amide bonds. The fourth-order valence-electron chi connectivity index (χ4n) is 5.00. The van der Waals surface area contributed by atoms with Gasteiger partial charge in [-0.3, -0.25) is 14.4 Å². The number of benzene rings is 3. The molecule has 2 heterocycles. The van der Waals surface area contributed by atoms with Crippen LogP contribution in [0.5, 0.6) is 5.75 Å². The van der Waals surface area contributed by atoms with E-state index >= 15 is 0 Å². The SMILES string of the molecule is Cc1ccc(S(=O)(=O)Nc2ccc3c(c2OCC(O)CN2CCN(c4cccc(Cl)c4)CC2)CCC(=O)N3)cc1. The van der Waals surface area contributed by atoms with E-state index in [1.807, 2.05) is 31.2 Å². The number of anilines is 3. The molecule has 2 aliphatic heterocycles. The number of nitrogens with zero attached hydrogens (tertiary/aromatic N) is 2. The summed E-state index contributed by atoms with van der Waals surface area (Å²) in [5.74, 6) is 0.210. The Morgan fingerprint density at radius 3 is 2.52 bits per heavy atom. The van der Waals surface area contributed by atoms with Crippen molar-refractivity contribution in [3.8, 4) is 5.75 Å². The van der Waals surface area contributed by atoms with Crippen molar-refractivity contribution in [3.05, 3.63) is 76.8 Å². The highest BCUT2D eigenvalue weighted by Gasteiger charge is 2.26. The van der Waals surface area contributed by atoms with Gasteiger partial charge in [-0.15, -0.1) is 0 Å². The quantitative estimate of drug-likeness (QED) is 0.350. The van der Waals surface area contributed by atoms with Gasteiger partial charge in [-0.25, -0.2) is 8.42 Å². The van der Waals surface area contributed by atoms with Crippen LogP contribution in [-0.4, -0.2) is 69.8 Å². The fraction of sp³-hybridized carbons (Fsp3) is 0.345. The summed E-state index contributed by atoms with van der Waals surface area (Å²) in [5, 5.41) is 14.4. The second-order valence-electron chi connectivity index (χ2n) is 10.2. The van der Waals surface area contributed by atoms with Gasteiger partial charge in [0.15, 0.2) is 0 Å². The summed E-state index contributed by atoms with van der Waals surface area (Å²) >= 11 is 6.14. The Balaban J connectivity index is 1.26. The van der Waals surface area contributed by atoms with Crippen molar-refractivity contribution < 1.29 is 23.1 Å². The highest BCUT2D eigenvalue weighted by molar-refractivity contribution is 7.92. The Kier molecular flexibility index (Phi) is 8.51. The number of aliphatic hydroxyl groups excluding tert-OH is 1. The maximum atomic E-state index is 13.1. The van der Waals surface area contributed by atoms with Crippen LogP contribution in [0, 0.1) is 6.92 Å². The van der Waals surface area contributed by atoms with Crippen molar-refractivity contribution in [2.24, 2.45) is 0 Å². The lowest BCUT2D eigenvalue weighted by molar-refractivity contribution is -0.116. The van der Waals surface area contributed by atoms with E-state index in [2.05, 4.69) is 19.8 Å². The minimum atomic E-state index is -3.88. The molecule has 5 rings (SSSR count). The summed E-state index contributed by atoms with van der Waals surface area (Å²) in [5.41, 5.74) is 3.57. The zero-order valence-electron chi connectivity index (χ0n) is 22.3. The van der Waals surface area contributed by atoms with Crippen LogP contribution in [0.3, 0.4) is 0 Å². The number of nitrogens with one attached hydrogen (secondary N) is 2. The van der Waals surface area contributed by atoms with E-state index < -0.39 is 16.1 Å². The van der Waals surface area contributed by atoms with Crippen LogP contribution in [0.25, 0.3) is 0 Å². The number of carbonyl (C=O) groups is 1. The Hall–Kier alpha value is -3.31. The Bertz CT molecular complexity index is 1470. The Labute approximate surface area is 239 Å². The molecule has 2 aliphatic rings. The number of aryl methyl sites for hydroxylation is 1. The molecule has 9 nitrogen and oxygen atoms in total. The minimum absolute atomic E-state index is 0.0296. The van der Waals surface area contributed by atoms with E-state index in [4.69, 9.17) is 16.3 Å². The fourth-order valence-corrected chi connectivity index (χ4v) is 6.25. The largest absolute Gasteiger partial charge is 0.488 e. The second-order valence-corrected chi connectivity index (χ2v) is 12.3. The normalized spacial score (nSPS) is 16.7. The van der Waals surface area contributed by atoms with Crippen molar-refractivity contribution in [1.82, 2.24) is 4.90 Å². The molecule has 3 aromatic rings. The van der Waals surface area contributed by atoms with Crippen LogP contribution in [0.4, 0.5) is 17.1 Å². The van der Waals surface area contributed by atoms with Gasteiger partial charge in [0.1, 0.15) is 18.5 Å². The van der Waals surface area contributed by atoms with Crippen molar-refractivity contribution in [2.45, 2.75) is 30.8 Å². The van der Waals surface area contributed by atoms with E-state index in [1.54, 1.807) is 36.4 Å². The Morgan fingerprint density at radius 1 is 1.05 bits per heavy atom. The van der Waals surface area contributed by atoms with E-state index in [-0.39, 0.29) is 29.5 Å². The van der Waals surface area contributed by atoms with E-state index in [0.717, 1.165) is 37.4 Å². The first-order chi connectivity index (χ1) is 19.2. The summed E-state index contributed by atoms with van der Waals surface area (Å²) in [4.78, 5) is 16.5. The molecule has 0 aliphatic carbocycles. The molecule has 0 bridgehead atoms. The van der Waals surface area contributed by atoms with Gasteiger partial charge in [0, 0.05) is 61.1 Å². The summed E-state index contributed by atoms with van der Waals surface area (Å²) in [7, 11) is -3.88. The van der Waals surface area contributed by atoms with Crippen LogP contribution in [0.2, 0.25) is 5.02 Å². The number of carbonyl (C=O) groups excluding carboxylic acids is 1. The molecule has 1 atom stereocenters. The van der Waals surface area contributed by atoms with Crippen LogP contribution in [-0.2, 0) is 21.2 Å². The maximum Gasteiger partial charge on any atom is 0.262 e. The molecule has 212 valence electrons. The summed E-state index contributed by atoms with van der Waals surface area (Å²) in [6, 6.07) is 17.6. The number of fused-ring (bicyclic) bond motifs is 1. The number of amides is 1. The topological polar surface area (TPSA) is 111 Å². The summed E-state index contributed by atoms with van der Waals surface area (Å²) in [6.07, 6.45) is -0.136. The Morgan fingerprint density at radius 2 is 1.80 bits per heavy atom. The number of halogens is 1. The van der Waals surface area contributed by atoms with Gasteiger partial charge in [0.05, 0.1) is 10.6 Å². The number of β-amino-alcohol motifs (C(OH)–C–C–N with tert-alkyl or cyclic N) is 1. The van der Waals surface area contributed by atoms with Gasteiger partial charge in [0.2, 0.25) is 5.91 Å². The van der Waals surface area contributed by atoms with Gasteiger partial charge in [-0.05, 0) is 55.8 Å². The van der Waals surface area contributed by atoms with Crippen LogP contribution in [0.1, 0.15) is 17.5 Å². The predicted octanol–water partition coefficient (Wildman–Crippen LogP) is 3.90. The molecule has 0 aromatic heterocycles. The van der Waals surface area contributed by atoms with Crippen molar-refractivity contribution in [3.63, 3.8) is 0 Å². The number of hydrogen-bond donors (Lipinski definition) is 3. The lowest BCUT2D eigenvalue weighted by Crippen LogP contribution is -2.49. The van der Waals surface area contributed by atoms with Crippen LogP contribution < -0.4 is 19.7 Å². The third-order valence-electron chi connectivity index (χ3n) is 7.15. The van der Waals surface area contributed by atoms with Crippen LogP contribution >= 0.6 is 11.6 Å². The van der Waals surface area contributed by atoms with Crippen LogP contribution in [0.15, 0.2) is 65.6 Å². The molecule has 3 N–H and O–H groups in total. The zero-order chi connectivity index (χ0) is 28.3. The van der Waals surface area contributed by atoms with Crippen molar-refractivity contribution in [1.29, 1.82) is 0 Å². The third-order valence-corrected chi connectivity index (χ3v) is 8.76. The van der Waals surface area contributed by atoms with Gasteiger partial charge < -0.3 is 20.1 Å². The molecule has 3 aromatic carbocycles. The van der Waals surface area contributed by atoms with E-state index in [0.29, 0.717) is 35.0 Å². The number of rotatable bonds is 9. The zero-order valence-corrected chi connectivity index (χ0v) is 23.8. The first kappa shape index (κ1) is 28.2. The molecule has 1 unspecified atom stereocenters. The molecule has 0 spiro atoms. The first-order valence-electron chi connectivity index (χ1n) is 13.3. The van der Waals surface area contributed by atoms with E-state index in [9.17, 15) is 18.3 Å². The smallest absolute Gasteiger partial charge is 0.262 e. The monoisotopic (exact) mass is 584 g/mol. The second kappa shape index (κ2) is 12.1. The molecular formula is C29H33ClN4O5S. The van der Waals surface area contributed by atoms with Gasteiger partial charge in [-0.1, -0.05) is 35.4 Å². The van der Waals surface area contributed by atoms with Gasteiger partial charge in [-0.2, -0.15) is 0 Å². The number of aliphatic hydroxyl groups is 1. The average Bonchev–Trinajstić information content (AvgIpc) is 2.93. The number of ether oxygens (including phenoxy) is 1. The lowest BCUT2D eigenvalue weighted by atomic mass is 10.0. The number of hydrogen-bond acceptors (Lipinski definition) is 7. The minimum Gasteiger partial charge on any atom is -0.488 e. The maximum absolute atomic E-state index is 13.1. The predicted molar refractivity (Wildman–Crippen MR) is 157 cm³/mol. The first-order valence-corrected chi connectivity index (χ1v) is 15.1. The number of sulfonamides is 1. The van der Waals surface area contributed by atoms with Crippen molar-refractivity contribution >= 4 is 44.6 Å². The van der Waals surface area contributed by atoms with Crippen molar-refractivity contribution in [2.75, 3.05) is 54.3 Å². The molecule has 40 heavy (non-hydrogen) atoms. The third kappa shape index (κ3) is 6.69. The van der Waals surface area contributed by atoms with Gasteiger partial charge in [0.25, 0.3) is 10.0 Å². The standard InChI is InChI=1S/C29H33ClN4O5S/c1-20-5-7-24(8-6-20)40(37,38)32-27-11-10-26-25(9-12-28(36)31-26)29(27)39-19-23(35)18-33-13-15-34(16-14-33)22-4-2-3-21(30)17-22/h2-8,10-11,17,23,32,35H,9,12-16,18-19H2,1H3,(H,31,36). The highest BCUT2D eigenvalue weighted by atomic mass is 35.5. The molecule has 1 saturated heterocycles.